The van der Waals surface area contributed by atoms with Gasteiger partial charge in [0.15, 0.2) is 6.10 Å². The van der Waals surface area contributed by atoms with E-state index >= 15 is 0 Å². The molecule has 8 nitrogen and oxygen atoms in total. The molecule has 210 valence electrons. The van der Waals surface area contributed by atoms with Gasteiger partial charge in [-0.05, 0) is 43.0 Å². The zero-order valence-electron chi connectivity index (χ0n) is 21.8. The molecule has 2 atom stereocenters. The average Bonchev–Trinajstić information content (AvgIpc) is 3.27. The molecule has 0 radical (unpaired) electrons. The number of carbonyl (C=O) groups excluding carboxylic acids is 2. The highest BCUT2D eigenvalue weighted by Gasteiger charge is 2.37. The molecule has 0 bridgehead atoms. The summed E-state index contributed by atoms with van der Waals surface area (Å²) < 4.78 is 46.0. The number of hydrogen-bond acceptors (Lipinski definition) is 6. The van der Waals surface area contributed by atoms with Gasteiger partial charge in [0.1, 0.15) is 5.75 Å². The van der Waals surface area contributed by atoms with Gasteiger partial charge in [-0.1, -0.05) is 57.2 Å². The molecule has 2 amide bonds. The fraction of sp³-hybridized carbons (Fsp3) is 0.481. The number of hydrogen-bond donors (Lipinski definition) is 3. The van der Waals surface area contributed by atoms with E-state index in [1.165, 1.54) is 17.7 Å². The smallest absolute Gasteiger partial charge is 0.434 e. The van der Waals surface area contributed by atoms with Gasteiger partial charge in [0, 0.05) is 19.2 Å². The van der Waals surface area contributed by atoms with Gasteiger partial charge in [-0.25, -0.2) is 4.79 Å². The molecular formula is C27H36F3N3O5. The Bertz CT molecular complexity index is 1000. The van der Waals surface area contributed by atoms with Gasteiger partial charge in [-0.15, -0.1) is 13.2 Å². The van der Waals surface area contributed by atoms with Crippen LogP contribution in [0.25, 0.3) is 0 Å². The van der Waals surface area contributed by atoms with Crippen molar-refractivity contribution >= 4 is 17.7 Å². The number of rotatable bonds is 11. The first kappa shape index (κ1) is 30.9. The number of aryl methyl sites for hydroxylation is 1. The van der Waals surface area contributed by atoms with Crippen LogP contribution in [0.2, 0.25) is 0 Å². The lowest BCUT2D eigenvalue weighted by molar-refractivity contribution is -0.274. The Kier molecular flexibility index (Phi) is 12.4. The lowest BCUT2D eigenvalue weighted by atomic mass is 10.1. The van der Waals surface area contributed by atoms with E-state index in [4.69, 9.17) is 4.74 Å². The Morgan fingerprint density at radius 3 is 2.47 bits per heavy atom. The highest BCUT2D eigenvalue weighted by Crippen LogP contribution is 2.29. The third-order valence-electron chi connectivity index (χ3n) is 5.51. The second-order valence-electron chi connectivity index (χ2n) is 9.15. The highest BCUT2D eigenvalue weighted by molar-refractivity contribution is 5.95. The van der Waals surface area contributed by atoms with Crippen molar-refractivity contribution in [2.24, 2.45) is 5.92 Å². The van der Waals surface area contributed by atoms with Crippen molar-refractivity contribution in [3.05, 3.63) is 60.2 Å². The third-order valence-corrected chi connectivity index (χ3v) is 5.51. The maximum absolute atomic E-state index is 12.4. The molecule has 1 fully saturated rings. The van der Waals surface area contributed by atoms with Crippen LogP contribution in [0.1, 0.15) is 32.8 Å². The third kappa shape index (κ3) is 11.4. The van der Waals surface area contributed by atoms with Gasteiger partial charge in [0.25, 0.3) is 5.91 Å². The maximum atomic E-state index is 12.4. The van der Waals surface area contributed by atoms with Gasteiger partial charge in [0.2, 0.25) is 0 Å². The van der Waals surface area contributed by atoms with Gasteiger partial charge in [-0.2, -0.15) is 0 Å². The molecule has 1 saturated heterocycles. The minimum Gasteiger partial charge on any atom is -0.434 e. The van der Waals surface area contributed by atoms with Crippen LogP contribution in [-0.4, -0.2) is 61.9 Å². The van der Waals surface area contributed by atoms with Crippen LogP contribution in [0, 0.1) is 5.92 Å². The molecule has 0 saturated carbocycles. The number of anilines is 1. The zero-order valence-corrected chi connectivity index (χ0v) is 21.8. The Hall–Kier alpha value is -3.31. The monoisotopic (exact) mass is 539 g/mol. The van der Waals surface area contributed by atoms with Crippen LogP contribution in [0.3, 0.4) is 0 Å². The summed E-state index contributed by atoms with van der Waals surface area (Å²) in [7, 11) is 0. The Morgan fingerprint density at radius 2 is 1.87 bits per heavy atom. The second-order valence-corrected chi connectivity index (χ2v) is 9.15. The van der Waals surface area contributed by atoms with Crippen LogP contribution in [0.15, 0.2) is 54.6 Å². The fourth-order valence-electron chi connectivity index (χ4n) is 3.44. The van der Waals surface area contributed by atoms with E-state index in [0.29, 0.717) is 12.5 Å². The van der Waals surface area contributed by atoms with Gasteiger partial charge in [-0.3, -0.25) is 9.69 Å². The van der Waals surface area contributed by atoms with E-state index in [1.807, 2.05) is 6.07 Å². The lowest BCUT2D eigenvalue weighted by Crippen LogP contribution is -2.43. The van der Waals surface area contributed by atoms with E-state index in [2.05, 4.69) is 60.4 Å². The molecule has 2 unspecified atom stereocenters. The standard InChI is InChI=1S/C19H26F3N3O5.C8H10/c1-12(2)6-7-23-9-14(26)10-24-17(27)16-11-25(18(28)29-16)13-4-3-5-15(8-13)30-19(20,21)22;1-2-8-6-4-3-5-7-8/h3-5,8,12,14,16,23,26H,6-7,9-11H2,1-2H3,(H,24,27);3-7H,2H2,1H3. The number of carbonyl (C=O) groups is 2. The largest absolute Gasteiger partial charge is 0.573 e. The summed E-state index contributed by atoms with van der Waals surface area (Å²) in [5.41, 5.74) is 1.51. The van der Waals surface area contributed by atoms with Crippen LogP contribution >= 0.6 is 0 Å². The van der Waals surface area contributed by atoms with Crippen molar-refractivity contribution in [1.29, 1.82) is 0 Å². The average molecular weight is 540 g/mol. The predicted molar refractivity (Wildman–Crippen MR) is 138 cm³/mol. The number of amides is 2. The first-order chi connectivity index (χ1) is 18.0. The summed E-state index contributed by atoms with van der Waals surface area (Å²) >= 11 is 0. The number of cyclic esters (lactones) is 1. The Morgan fingerprint density at radius 1 is 1.16 bits per heavy atom. The molecule has 0 aliphatic carbocycles. The van der Waals surface area contributed by atoms with Crippen molar-refractivity contribution in [2.75, 3.05) is 31.1 Å². The number of nitrogens with zero attached hydrogens (tertiary/aromatic N) is 1. The Labute approximate surface area is 221 Å². The van der Waals surface area contributed by atoms with Crippen LogP contribution in [-0.2, 0) is 16.0 Å². The molecule has 11 heteroatoms. The van der Waals surface area contributed by atoms with Crippen molar-refractivity contribution in [3.63, 3.8) is 0 Å². The minimum absolute atomic E-state index is 0.0313. The second kappa shape index (κ2) is 15.2. The summed E-state index contributed by atoms with van der Waals surface area (Å²) in [5.74, 6) is -0.557. The zero-order chi connectivity index (χ0) is 28.1. The number of ether oxygens (including phenoxy) is 2. The number of benzene rings is 2. The predicted octanol–water partition coefficient (Wildman–Crippen LogP) is 4.27. The van der Waals surface area contributed by atoms with Crippen LogP contribution < -0.4 is 20.3 Å². The summed E-state index contributed by atoms with van der Waals surface area (Å²) in [5, 5.41) is 15.5. The number of aliphatic hydroxyl groups is 1. The summed E-state index contributed by atoms with van der Waals surface area (Å²) in [4.78, 5) is 25.3. The number of nitrogens with one attached hydrogen (secondary N) is 2. The molecule has 3 rings (SSSR count). The van der Waals surface area contributed by atoms with Crippen LogP contribution in [0.5, 0.6) is 5.75 Å². The fourth-order valence-corrected chi connectivity index (χ4v) is 3.44. The molecule has 38 heavy (non-hydrogen) atoms. The van der Waals surface area contributed by atoms with Crippen molar-refractivity contribution in [2.45, 2.75) is 52.2 Å². The SMILES string of the molecule is CC(C)CCNCC(O)CNC(=O)C1CN(c2cccc(OC(F)(F)F)c2)C(=O)O1.CCc1ccccc1. The van der Waals surface area contributed by atoms with Crippen molar-refractivity contribution in [1.82, 2.24) is 10.6 Å². The summed E-state index contributed by atoms with van der Waals surface area (Å²) in [6, 6.07) is 15.3. The molecule has 1 aliphatic rings. The van der Waals surface area contributed by atoms with E-state index in [0.717, 1.165) is 36.4 Å². The normalized spacial score (nSPS) is 15.9. The molecule has 0 aromatic heterocycles. The van der Waals surface area contributed by atoms with Crippen molar-refractivity contribution < 1.29 is 37.3 Å². The van der Waals surface area contributed by atoms with E-state index in [1.54, 1.807) is 0 Å². The van der Waals surface area contributed by atoms with E-state index < -0.39 is 36.3 Å². The Balaban J connectivity index is 0.000000538. The lowest BCUT2D eigenvalue weighted by Gasteiger charge is -2.16. The molecule has 2 aromatic rings. The number of aliphatic hydroxyl groups excluding tert-OH is 1. The number of alkyl halides is 3. The quantitative estimate of drug-likeness (QED) is 0.369. The molecule has 0 spiro atoms. The van der Waals surface area contributed by atoms with Crippen LogP contribution in [0.4, 0.5) is 23.7 Å². The maximum Gasteiger partial charge on any atom is 0.573 e. The highest BCUT2D eigenvalue weighted by atomic mass is 19.4. The first-order valence-corrected chi connectivity index (χ1v) is 12.5. The topological polar surface area (TPSA) is 100 Å². The molecule has 3 N–H and O–H groups in total. The molecule has 1 heterocycles. The first-order valence-electron chi connectivity index (χ1n) is 12.5. The molecule has 2 aromatic carbocycles. The minimum atomic E-state index is -4.86. The van der Waals surface area contributed by atoms with Gasteiger partial charge >= 0.3 is 12.5 Å². The molecule has 1 aliphatic heterocycles. The van der Waals surface area contributed by atoms with Gasteiger partial charge < -0.3 is 25.2 Å². The molecular weight excluding hydrogens is 503 g/mol. The van der Waals surface area contributed by atoms with Gasteiger partial charge in [0.05, 0.1) is 18.3 Å². The van der Waals surface area contributed by atoms with Crippen molar-refractivity contribution in [3.8, 4) is 5.75 Å². The summed E-state index contributed by atoms with van der Waals surface area (Å²) in [6.07, 6.45) is -5.59. The summed E-state index contributed by atoms with van der Waals surface area (Å²) in [6.45, 7) is 7.17. The number of halogens is 3. The van der Waals surface area contributed by atoms with E-state index in [9.17, 15) is 27.9 Å². The van der Waals surface area contributed by atoms with E-state index in [-0.39, 0.29) is 18.8 Å².